The number of amides is 2. The third-order valence-corrected chi connectivity index (χ3v) is 10.9. The van der Waals surface area contributed by atoms with E-state index in [1.807, 2.05) is 18.2 Å². The van der Waals surface area contributed by atoms with Gasteiger partial charge in [-0.2, -0.15) is 0 Å². The van der Waals surface area contributed by atoms with Gasteiger partial charge in [-0.15, -0.1) is 22.7 Å². The second-order valence-electron chi connectivity index (χ2n) is 11.2. The number of fused-ring (bicyclic) bond motifs is 4. The molecule has 0 bridgehead atoms. The summed E-state index contributed by atoms with van der Waals surface area (Å²) in [4.78, 5) is 62.9. The van der Waals surface area contributed by atoms with Crippen molar-refractivity contribution < 1.29 is 29.0 Å². The molecule has 0 unspecified atom stereocenters. The van der Waals surface area contributed by atoms with Gasteiger partial charge in [-0.05, 0) is 67.6 Å². The van der Waals surface area contributed by atoms with Crippen LogP contribution in [-0.4, -0.2) is 55.4 Å². The Bertz CT molecular complexity index is 2770. The average molecular weight is 772 g/mol. The van der Waals surface area contributed by atoms with Gasteiger partial charge in [0.1, 0.15) is 21.4 Å². The number of carboxylic acid groups (broad SMARTS) is 1. The number of hydrogen-bond acceptors (Lipinski definition) is 9. The third kappa shape index (κ3) is 6.22. The number of halogens is 2. The van der Waals surface area contributed by atoms with Gasteiger partial charge in [0.05, 0.1) is 49.8 Å². The number of imidazole rings is 2. The highest BCUT2D eigenvalue weighted by atomic mass is 35.5. The zero-order valence-electron chi connectivity index (χ0n) is 26.7. The monoisotopic (exact) mass is 770 g/mol. The fourth-order valence-electron chi connectivity index (χ4n) is 5.72. The maximum Gasteiger partial charge on any atom is 0.349 e. The number of rotatable bonds is 7. The second kappa shape index (κ2) is 13.7. The molecule has 7 N–H and O–H groups in total. The van der Waals surface area contributed by atoms with Gasteiger partial charge in [0, 0.05) is 31.3 Å². The normalized spacial score (nSPS) is 11.2. The minimum Gasteiger partial charge on any atom is -0.477 e. The van der Waals surface area contributed by atoms with Crippen LogP contribution < -0.4 is 11.5 Å². The Balaban J connectivity index is 0.000000162. The Kier molecular flexibility index (Phi) is 9.15. The topological polar surface area (TPSA) is 207 Å². The summed E-state index contributed by atoms with van der Waals surface area (Å²) in [5, 5.41) is 11.9. The van der Waals surface area contributed by atoms with Gasteiger partial charge >= 0.3 is 11.9 Å². The number of carbonyl (C=O) groups is 4. The molecule has 4 aromatic heterocycles. The average Bonchev–Trinajstić information content (AvgIpc) is 3.90. The Morgan fingerprint density at radius 1 is 0.731 bits per heavy atom. The molecule has 8 rings (SSSR count). The first kappa shape index (κ1) is 34.6. The number of ether oxygens (including phenoxy) is 1. The highest BCUT2D eigenvalue weighted by Crippen LogP contribution is 2.43. The van der Waals surface area contributed by atoms with Crippen LogP contribution in [0.3, 0.4) is 0 Å². The summed E-state index contributed by atoms with van der Waals surface area (Å²) in [6.45, 7) is 2.02. The van der Waals surface area contributed by atoms with Crippen molar-refractivity contribution in [1.82, 2.24) is 19.9 Å². The lowest BCUT2D eigenvalue weighted by molar-refractivity contribution is 0.0532. The summed E-state index contributed by atoms with van der Waals surface area (Å²) in [5.74, 6) is -1.69. The van der Waals surface area contributed by atoms with E-state index in [-0.39, 0.29) is 11.5 Å². The highest BCUT2D eigenvalue weighted by Gasteiger charge is 2.26. The van der Waals surface area contributed by atoms with Crippen LogP contribution >= 0.6 is 45.9 Å². The molecular weight excluding hydrogens is 747 g/mol. The molecule has 0 saturated heterocycles. The molecule has 0 aliphatic carbocycles. The van der Waals surface area contributed by atoms with E-state index >= 15 is 0 Å². The van der Waals surface area contributed by atoms with E-state index in [0.29, 0.717) is 76.3 Å². The number of aromatic nitrogens is 4. The number of carbonyl (C=O) groups excluding carboxylic acids is 3. The second-order valence-corrected chi connectivity index (χ2v) is 14.1. The van der Waals surface area contributed by atoms with Gasteiger partial charge in [-0.1, -0.05) is 35.3 Å². The summed E-state index contributed by atoms with van der Waals surface area (Å²) in [6, 6.07) is 20.6. The van der Waals surface area contributed by atoms with Crippen LogP contribution in [0.25, 0.3) is 65.0 Å². The number of nitrogens with two attached hydrogens (primary N) is 2. The number of hydrogen-bond donors (Lipinski definition) is 5. The predicted molar refractivity (Wildman–Crippen MR) is 204 cm³/mol. The lowest BCUT2D eigenvalue weighted by Gasteiger charge is -2.03. The summed E-state index contributed by atoms with van der Waals surface area (Å²) in [7, 11) is 0. The first-order chi connectivity index (χ1) is 24.9. The van der Waals surface area contributed by atoms with Crippen molar-refractivity contribution in [3.63, 3.8) is 0 Å². The predicted octanol–water partition coefficient (Wildman–Crippen LogP) is 8.27. The molecule has 2 amide bonds. The van der Waals surface area contributed by atoms with Gasteiger partial charge in [0.2, 0.25) is 11.8 Å². The largest absolute Gasteiger partial charge is 0.477 e. The number of nitrogens with one attached hydrogen (secondary N) is 2. The Morgan fingerprint density at radius 3 is 1.63 bits per heavy atom. The van der Waals surface area contributed by atoms with Crippen molar-refractivity contribution in [2.45, 2.75) is 6.92 Å². The van der Waals surface area contributed by atoms with Crippen molar-refractivity contribution in [1.29, 1.82) is 0 Å². The van der Waals surface area contributed by atoms with Gasteiger partial charge in [-0.3, -0.25) is 9.59 Å². The van der Waals surface area contributed by atoms with E-state index in [4.69, 9.17) is 39.4 Å². The van der Waals surface area contributed by atoms with Gasteiger partial charge in [0.25, 0.3) is 0 Å². The molecular formula is C36H24Cl2N6O6S2. The SMILES string of the molecule is CCOC(=O)c1sc2cccc(Cl)c2c1-c1nc2ccc(C(N)=O)cc2[nH]1.NC(=O)c1ccc2nc(-c3c(C(=O)O)sc4cccc(Cl)c34)[nH]c2c1. The number of H-pyrrole nitrogens is 2. The minimum absolute atomic E-state index is 0.150. The molecule has 0 aliphatic rings. The number of thiophene rings is 2. The number of benzene rings is 4. The number of carboxylic acids is 1. The van der Waals surface area contributed by atoms with Gasteiger partial charge < -0.3 is 31.3 Å². The lowest BCUT2D eigenvalue weighted by atomic mass is 10.1. The molecule has 12 nitrogen and oxygen atoms in total. The Morgan fingerprint density at radius 2 is 1.19 bits per heavy atom. The van der Waals surface area contributed by atoms with Crippen molar-refractivity contribution in [2.24, 2.45) is 11.5 Å². The van der Waals surface area contributed by atoms with Crippen LogP contribution in [0.1, 0.15) is 47.0 Å². The lowest BCUT2D eigenvalue weighted by Crippen LogP contribution is -2.10. The van der Waals surface area contributed by atoms with Crippen LogP contribution in [0, 0.1) is 0 Å². The maximum absolute atomic E-state index is 12.5. The molecule has 0 atom stereocenters. The summed E-state index contributed by atoms with van der Waals surface area (Å²) in [6.07, 6.45) is 0. The van der Waals surface area contributed by atoms with E-state index in [1.54, 1.807) is 61.5 Å². The van der Waals surface area contributed by atoms with Crippen LogP contribution in [0.15, 0.2) is 72.8 Å². The smallest absolute Gasteiger partial charge is 0.349 e. The van der Waals surface area contributed by atoms with E-state index in [0.717, 1.165) is 26.1 Å². The van der Waals surface area contributed by atoms with Gasteiger partial charge in [-0.25, -0.2) is 19.6 Å². The van der Waals surface area contributed by atoms with E-state index in [1.165, 1.54) is 11.3 Å². The molecule has 16 heteroatoms. The standard InChI is InChI=1S/C19H14ClN3O3S.C17H10ClN3O3S/c1-2-26-19(25)16-15(14-10(20)4-3-5-13(14)27-16)18-22-11-7-6-9(17(21)24)8-12(11)23-18;18-8-2-1-3-11-12(8)13(14(25-11)17(23)24)16-20-9-5-4-7(15(19)22)6-10(9)21-16/h3-8H,2H2,1H3,(H2,21,24)(H,22,23);1-6H,(H2,19,22)(H,20,21)(H,23,24). The number of primary amides is 2. The first-order valence-electron chi connectivity index (χ1n) is 15.4. The highest BCUT2D eigenvalue weighted by molar-refractivity contribution is 7.22. The molecule has 4 aromatic carbocycles. The number of aromatic carboxylic acids is 1. The zero-order chi connectivity index (χ0) is 36.8. The molecule has 0 saturated carbocycles. The number of aromatic amines is 2. The number of esters is 1. The van der Waals surface area contributed by atoms with Crippen LogP contribution in [-0.2, 0) is 4.74 Å². The zero-order valence-corrected chi connectivity index (χ0v) is 29.9. The molecule has 0 aliphatic heterocycles. The van der Waals surface area contributed by atoms with E-state index in [9.17, 15) is 24.3 Å². The van der Waals surface area contributed by atoms with Crippen molar-refractivity contribution in [3.05, 3.63) is 104 Å². The first-order valence-corrected chi connectivity index (χ1v) is 17.8. The maximum atomic E-state index is 12.5. The van der Waals surface area contributed by atoms with Crippen molar-refractivity contribution in [2.75, 3.05) is 6.61 Å². The van der Waals surface area contributed by atoms with Crippen LogP contribution in [0.4, 0.5) is 0 Å². The number of nitrogens with zero attached hydrogens (tertiary/aromatic N) is 2. The van der Waals surface area contributed by atoms with Gasteiger partial charge in [0.15, 0.2) is 0 Å². The minimum atomic E-state index is -1.05. The van der Waals surface area contributed by atoms with Crippen LogP contribution in [0.5, 0.6) is 0 Å². The van der Waals surface area contributed by atoms with Crippen molar-refractivity contribution >= 4 is 112 Å². The molecule has 8 aromatic rings. The quantitative estimate of drug-likeness (QED) is 0.0994. The fourth-order valence-corrected chi connectivity index (χ4v) is 8.56. The Hall–Kier alpha value is -5.80. The third-order valence-electron chi connectivity index (χ3n) is 7.99. The molecule has 0 fully saturated rings. The molecule has 0 radical (unpaired) electrons. The summed E-state index contributed by atoms with van der Waals surface area (Å²) in [5.41, 5.74) is 14.9. The Labute approximate surface area is 311 Å². The van der Waals surface area contributed by atoms with Crippen molar-refractivity contribution in [3.8, 4) is 22.8 Å². The molecule has 4 heterocycles. The fraction of sp³-hybridized carbons (Fsp3) is 0.0556. The summed E-state index contributed by atoms with van der Waals surface area (Å²) >= 11 is 15.2. The molecule has 0 spiro atoms. The summed E-state index contributed by atoms with van der Waals surface area (Å²) < 4.78 is 6.83. The van der Waals surface area contributed by atoms with E-state index < -0.39 is 23.8 Å². The molecule has 260 valence electrons. The molecule has 52 heavy (non-hydrogen) atoms. The van der Waals surface area contributed by atoms with E-state index in [2.05, 4.69) is 19.9 Å². The van der Waals surface area contributed by atoms with Crippen LogP contribution in [0.2, 0.25) is 10.0 Å².